The second-order valence-electron chi connectivity index (χ2n) is 5.69. The molecule has 0 amide bonds. The van der Waals surface area contributed by atoms with Crippen molar-refractivity contribution in [2.24, 2.45) is 5.73 Å². The van der Waals surface area contributed by atoms with Crippen LogP contribution in [0.25, 0.3) is 0 Å². The molecule has 1 fully saturated rings. The van der Waals surface area contributed by atoms with E-state index in [0.717, 1.165) is 18.0 Å². The van der Waals surface area contributed by atoms with Crippen molar-refractivity contribution in [2.75, 3.05) is 19.8 Å². The zero-order valence-corrected chi connectivity index (χ0v) is 11.2. The average molecular weight is 247 g/mol. The summed E-state index contributed by atoms with van der Waals surface area (Å²) in [6, 6.07) is 4.24. The van der Waals surface area contributed by atoms with E-state index in [2.05, 4.69) is 19.9 Å². The standard InChI is InChI=1S/C15H21NO2/c1-10(2)13-11(15(9-16)5-6-15)3-4-12-14(13)18-8-7-17-12/h3-4,10H,5-9,16H2,1-2H3. The number of fused-ring (bicyclic) bond motifs is 1. The lowest BCUT2D eigenvalue weighted by Crippen LogP contribution is -2.24. The number of benzene rings is 1. The number of ether oxygens (including phenoxy) is 2. The Labute approximate surface area is 108 Å². The van der Waals surface area contributed by atoms with Gasteiger partial charge < -0.3 is 15.2 Å². The fourth-order valence-electron chi connectivity index (χ4n) is 2.91. The van der Waals surface area contributed by atoms with Crippen LogP contribution in [0.3, 0.4) is 0 Å². The van der Waals surface area contributed by atoms with Crippen molar-refractivity contribution in [3.63, 3.8) is 0 Å². The monoisotopic (exact) mass is 247 g/mol. The van der Waals surface area contributed by atoms with E-state index in [-0.39, 0.29) is 5.41 Å². The molecule has 3 rings (SSSR count). The van der Waals surface area contributed by atoms with Gasteiger partial charge >= 0.3 is 0 Å². The van der Waals surface area contributed by atoms with E-state index >= 15 is 0 Å². The molecule has 1 aliphatic carbocycles. The third kappa shape index (κ3) is 1.69. The minimum Gasteiger partial charge on any atom is -0.486 e. The van der Waals surface area contributed by atoms with Gasteiger partial charge in [0.1, 0.15) is 13.2 Å². The normalized spacial score (nSPS) is 20.0. The molecule has 0 atom stereocenters. The summed E-state index contributed by atoms with van der Waals surface area (Å²) < 4.78 is 11.5. The zero-order valence-electron chi connectivity index (χ0n) is 11.2. The van der Waals surface area contributed by atoms with E-state index in [1.807, 2.05) is 6.07 Å². The van der Waals surface area contributed by atoms with Crippen LogP contribution in [0.15, 0.2) is 12.1 Å². The highest BCUT2D eigenvalue weighted by Crippen LogP contribution is 2.53. The second-order valence-corrected chi connectivity index (χ2v) is 5.69. The molecule has 0 bridgehead atoms. The van der Waals surface area contributed by atoms with Gasteiger partial charge in [-0.1, -0.05) is 19.9 Å². The molecule has 0 aromatic heterocycles. The molecule has 1 aromatic rings. The quantitative estimate of drug-likeness (QED) is 0.892. The van der Waals surface area contributed by atoms with Crippen LogP contribution in [0, 0.1) is 0 Å². The molecule has 3 nitrogen and oxygen atoms in total. The Morgan fingerprint density at radius 1 is 1.22 bits per heavy atom. The molecule has 0 spiro atoms. The SMILES string of the molecule is CC(C)c1c(C2(CN)CC2)ccc2c1OCCO2. The largest absolute Gasteiger partial charge is 0.486 e. The summed E-state index contributed by atoms with van der Waals surface area (Å²) in [4.78, 5) is 0. The minimum absolute atomic E-state index is 0.204. The maximum atomic E-state index is 5.97. The van der Waals surface area contributed by atoms with Gasteiger partial charge in [0.05, 0.1) is 0 Å². The van der Waals surface area contributed by atoms with E-state index in [1.54, 1.807) is 0 Å². The molecule has 0 radical (unpaired) electrons. The van der Waals surface area contributed by atoms with E-state index in [1.165, 1.54) is 24.0 Å². The van der Waals surface area contributed by atoms with Gasteiger partial charge in [-0.25, -0.2) is 0 Å². The predicted octanol–water partition coefficient (Wildman–Crippen LogP) is 2.57. The summed E-state index contributed by atoms with van der Waals surface area (Å²) in [5.74, 6) is 2.27. The van der Waals surface area contributed by atoms with Gasteiger partial charge in [-0.05, 0) is 30.4 Å². The van der Waals surface area contributed by atoms with Gasteiger partial charge in [0.15, 0.2) is 11.5 Å². The number of rotatable bonds is 3. The number of nitrogens with two attached hydrogens (primary N) is 1. The van der Waals surface area contributed by atoms with E-state index in [0.29, 0.717) is 19.1 Å². The van der Waals surface area contributed by atoms with Crippen molar-refractivity contribution < 1.29 is 9.47 Å². The van der Waals surface area contributed by atoms with Crippen LogP contribution < -0.4 is 15.2 Å². The summed E-state index contributed by atoms with van der Waals surface area (Å²) >= 11 is 0. The third-order valence-corrected chi connectivity index (χ3v) is 4.14. The maximum Gasteiger partial charge on any atom is 0.165 e. The van der Waals surface area contributed by atoms with Gasteiger partial charge in [-0.2, -0.15) is 0 Å². The first-order chi connectivity index (χ1) is 8.68. The highest BCUT2D eigenvalue weighted by atomic mass is 16.6. The smallest absolute Gasteiger partial charge is 0.165 e. The minimum atomic E-state index is 0.204. The summed E-state index contributed by atoms with van der Waals surface area (Å²) in [7, 11) is 0. The van der Waals surface area contributed by atoms with Crippen LogP contribution in [0.1, 0.15) is 43.7 Å². The first kappa shape index (κ1) is 11.8. The van der Waals surface area contributed by atoms with Crippen LogP contribution in [0.2, 0.25) is 0 Å². The van der Waals surface area contributed by atoms with Crippen molar-refractivity contribution in [3.05, 3.63) is 23.3 Å². The molecule has 2 aliphatic rings. The molecule has 3 heteroatoms. The number of hydrogen-bond acceptors (Lipinski definition) is 3. The summed E-state index contributed by atoms with van der Waals surface area (Å²) in [5.41, 5.74) is 8.86. The Morgan fingerprint density at radius 3 is 2.56 bits per heavy atom. The lowest BCUT2D eigenvalue weighted by Gasteiger charge is -2.27. The summed E-state index contributed by atoms with van der Waals surface area (Å²) in [6.07, 6.45) is 2.39. The highest BCUT2D eigenvalue weighted by Gasteiger charge is 2.45. The van der Waals surface area contributed by atoms with Gasteiger partial charge in [-0.3, -0.25) is 0 Å². The molecule has 2 N–H and O–H groups in total. The third-order valence-electron chi connectivity index (χ3n) is 4.14. The van der Waals surface area contributed by atoms with Crippen molar-refractivity contribution in [2.45, 2.75) is 38.0 Å². The molecule has 0 saturated heterocycles. The average Bonchev–Trinajstić information content (AvgIpc) is 3.18. The van der Waals surface area contributed by atoms with Crippen molar-refractivity contribution in [1.29, 1.82) is 0 Å². The van der Waals surface area contributed by atoms with Gasteiger partial charge in [0.2, 0.25) is 0 Å². The Balaban J connectivity index is 2.14. The van der Waals surface area contributed by atoms with E-state index in [9.17, 15) is 0 Å². The summed E-state index contributed by atoms with van der Waals surface area (Å²) in [6.45, 7) is 6.44. The first-order valence-electron chi connectivity index (χ1n) is 6.81. The first-order valence-corrected chi connectivity index (χ1v) is 6.81. The van der Waals surface area contributed by atoms with E-state index < -0.39 is 0 Å². The Kier molecular flexibility index (Phi) is 2.74. The molecule has 1 aromatic carbocycles. The lowest BCUT2D eigenvalue weighted by atomic mass is 9.85. The highest BCUT2D eigenvalue weighted by molar-refractivity contribution is 5.56. The van der Waals surface area contributed by atoms with Crippen LogP contribution in [0.5, 0.6) is 11.5 Å². The van der Waals surface area contributed by atoms with Crippen LogP contribution in [-0.4, -0.2) is 19.8 Å². The Hall–Kier alpha value is -1.22. The molecule has 98 valence electrons. The van der Waals surface area contributed by atoms with Crippen molar-refractivity contribution in [3.8, 4) is 11.5 Å². The van der Waals surface area contributed by atoms with Crippen molar-refractivity contribution >= 4 is 0 Å². The zero-order chi connectivity index (χ0) is 12.8. The Morgan fingerprint density at radius 2 is 1.94 bits per heavy atom. The van der Waals surface area contributed by atoms with Crippen LogP contribution >= 0.6 is 0 Å². The molecule has 18 heavy (non-hydrogen) atoms. The molecule has 1 saturated carbocycles. The molecule has 0 unspecified atom stereocenters. The van der Waals surface area contributed by atoms with Gasteiger partial charge in [0.25, 0.3) is 0 Å². The second kappa shape index (κ2) is 4.16. The van der Waals surface area contributed by atoms with Gasteiger partial charge in [-0.15, -0.1) is 0 Å². The van der Waals surface area contributed by atoms with Gasteiger partial charge in [0, 0.05) is 17.5 Å². The number of hydrogen-bond donors (Lipinski definition) is 1. The fourth-order valence-corrected chi connectivity index (χ4v) is 2.91. The topological polar surface area (TPSA) is 44.5 Å². The Bertz CT molecular complexity index is 464. The summed E-state index contributed by atoms with van der Waals surface area (Å²) in [5, 5.41) is 0. The van der Waals surface area contributed by atoms with Crippen LogP contribution in [-0.2, 0) is 5.41 Å². The maximum absolute atomic E-state index is 5.97. The fraction of sp³-hybridized carbons (Fsp3) is 0.600. The molecule has 1 heterocycles. The molecule has 1 aliphatic heterocycles. The lowest BCUT2D eigenvalue weighted by molar-refractivity contribution is 0.169. The van der Waals surface area contributed by atoms with Crippen molar-refractivity contribution in [1.82, 2.24) is 0 Å². The molecular weight excluding hydrogens is 226 g/mol. The van der Waals surface area contributed by atoms with E-state index in [4.69, 9.17) is 15.2 Å². The van der Waals surface area contributed by atoms with Crippen LogP contribution in [0.4, 0.5) is 0 Å². The predicted molar refractivity (Wildman–Crippen MR) is 71.5 cm³/mol. The molecular formula is C15H21NO2.